The lowest BCUT2D eigenvalue weighted by Crippen LogP contribution is -2.62. The molecule has 2 aromatic rings. The summed E-state index contributed by atoms with van der Waals surface area (Å²) in [5.41, 5.74) is 6.62. The van der Waals surface area contributed by atoms with E-state index in [9.17, 15) is 0 Å². The van der Waals surface area contributed by atoms with Crippen molar-refractivity contribution in [3.63, 3.8) is 0 Å². The molecule has 0 amide bonds. The first kappa shape index (κ1) is 14.8. The standard InChI is InChI=1S/C22H26N2S/c1-13-5-3-4-6-19(13)24-14(2)20-21(23-12-25-20)22(24)17-8-15-7-16(10-17)11-18(22)9-15/h3-6,12,14-18H,7-11H2,1-2H3. The second-order valence-electron chi connectivity index (χ2n) is 9.03. The highest BCUT2D eigenvalue weighted by Crippen LogP contribution is 2.68. The average molecular weight is 351 g/mol. The van der Waals surface area contributed by atoms with Crippen LogP contribution in [0.1, 0.15) is 61.2 Å². The molecule has 1 aromatic carbocycles. The summed E-state index contributed by atoms with van der Waals surface area (Å²) in [6, 6.07) is 9.50. The quantitative estimate of drug-likeness (QED) is 0.657. The molecule has 25 heavy (non-hydrogen) atoms. The van der Waals surface area contributed by atoms with E-state index in [1.165, 1.54) is 53.9 Å². The van der Waals surface area contributed by atoms with E-state index >= 15 is 0 Å². The van der Waals surface area contributed by atoms with Crippen LogP contribution < -0.4 is 4.90 Å². The summed E-state index contributed by atoms with van der Waals surface area (Å²) < 4.78 is 0. The van der Waals surface area contributed by atoms with E-state index in [0.717, 1.165) is 23.7 Å². The van der Waals surface area contributed by atoms with Crippen LogP contribution >= 0.6 is 11.3 Å². The van der Waals surface area contributed by atoms with Crippen molar-refractivity contribution in [2.75, 3.05) is 4.90 Å². The van der Waals surface area contributed by atoms with Crippen LogP contribution in [-0.2, 0) is 5.54 Å². The Balaban J connectivity index is 1.61. The number of thiazole rings is 1. The topological polar surface area (TPSA) is 16.1 Å². The maximum absolute atomic E-state index is 5.03. The normalized spacial score (nSPS) is 40.9. The van der Waals surface area contributed by atoms with Crippen molar-refractivity contribution in [3.8, 4) is 0 Å². The van der Waals surface area contributed by atoms with Crippen molar-refractivity contribution in [1.29, 1.82) is 0 Å². The van der Waals surface area contributed by atoms with Gasteiger partial charge in [0, 0.05) is 5.69 Å². The predicted molar refractivity (Wildman–Crippen MR) is 103 cm³/mol. The van der Waals surface area contributed by atoms with E-state index in [1.54, 1.807) is 0 Å². The van der Waals surface area contributed by atoms with Crippen molar-refractivity contribution in [1.82, 2.24) is 4.98 Å². The van der Waals surface area contributed by atoms with E-state index in [2.05, 4.69) is 48.5 Å². The first-order valence-corrected chi connectivity index (χ1v) is 10.9. The summed E-state index contributed by atoms with van der Waals surface area (Å²) in [4.78, 5) is 9.40. The summed E-state index contributed by atoms with van der Waals surface area (Å²) in [6.07, 6.45) is 7.23. The van der Waals surface area contributed by atoms with Crippen LogP contribution in [0.4, 0.5) is 5.69 Å². The summed E-state index contributed by atoms with van der Waals surface area (Å²) in [5.74, 6) is 3.58. The maximum atomic E-state index is 5.03. The first-order valence-electron chi connectivity index (χ1n) is 9.98. The van der Waals surface area contributed by atoms with Crippen LogP contribution in [0.3, 0.4) is 0 Å². The van der Waals surface area contributed by atoms with Crippen molar-refractivity contribution >= 4 is 17.0 Å². The van der Waals surface area contributed by atoms with Crippen molar-refractivity contribution < 1.29 is 0 Å². The van der Waals surface area contributed by atoms with E-state index in [1.807, 2.05) is 11.3 Å². The molecule has 0 radical (unpaired) electrons. The molecule has 4 fully saturated rings. The number of para-hydroxylation sites is 1. The molecule has 0 N–H and O–H groups in total. The van der Waals surface area contributed by atoms with Crippen LogP contribution in [-0.4, -0.2) is 4.98 Å². The number of hydrogen-bond donors (Lipinski definition) is 0. The second kappa shape index (κ2) is 4.88. The van der Waals surface area contributed by atoms with Crippen LogP contribution in [0, 0.1) is 30.6 Å². The molecule has 7 rings (SSSR count). The minimum absolute atomic E-state index is 0.175. The Kier molecular flexibility index (Phi) is 2.88. The molecule has 130 valence electrons. The summed E-state index contributed by atoms with van der Waals surface area (Å²) in [7, 11) is 0. The van der Waals surface area contributed by atoms with Gasteiger partial charge in [0.05, 0.1) is 27.7 Å². The van der Waals surface area contributed by atoms with Crippen molar-refractivity contribution in [2.24, 2.45) is 23.7 Å². The highest BCUT2D eigenvalue weighted by Gasteiger charge is 2.65. The molecule has 1 aliphatic heterocycles. The molecule has 2 nitrogen and oxygen atoms in total. The molecule has 4 aliphatic carbocycles. The molecule has 3 heteroatoms. The lowest BCUT2D eigenvalue weighted by atomic mass is 9.47. The summed E-state index contributed by atoms with van der Waals surface area (Å²) in [6.45, 7) is 4.70. The van der Waals surface area contributed by atoms with Crippen LogP contribution in [0.2, 0.25) is 0 Å². The monoisotopic (exact) mass is 350 g/mol. The van der Waals surface area contributed by atoms with E-state index in [4.69, 9.17) is 4.98 Å². The lowest BCUT2D eigenvalue weighted by Gasteiger charge is -2.63. The Morgan fingerprint density at radius 2 is 1.72 bits per heavy atom. The van der Waals surface area contributed by atoms with Gasteiger partial charge in [-0.3, -0.25) is 0 Å². The van der Waals surface area contributed by atoms with E-state index in [0.29, 0.717) is 6.04 Å². The Bertz CT molecular complexity index is 810. The van der Waals surface area contributed by atoms with Crippen molar-refractivity contribution in [2.45, 2.75) is 57.5 Å². The number of rotatable bonds is 1. The lowest BCUT2D eigenvalue weighted by molar-refractivity contribution is -0.0618. The Morgan fingerprint density at radius 3 is 2.40 bits per heavy atom. The fourth-order valence-corrected chi connectivity index (χ4v) is 8.23. The van der Waals surface area contributed by atoms with Gasteiger partial charge in [0.1, 0.15) is 0 Å². The molecule has 4 saturated carbocycles. The van der Waals surface area contributed by atoms with Crippen molar-refractivity contribution in [3.05, 3.63) is 45.9 Å². The zero-order valence-corrected chi connectivity index (χ0v) is 15.9. The zero-order valence-electron chi connectivity index (χ0n) is 15.1. The third-order valence-electron chi connectivity index (χ3n) is 7.90. The van der Waals surface area contributed by atoms with E-state index < -0.39 is 0 Å². The fraction of sp³-hybridized carbons (Fsp3) is 0.591. The third-order valence-corrected chi connectivity index (χ3v) is 8.90. The van der Waals surface area contributed by atoms with Gasteiger partial charge in [0.2, 0.25) is 0 Å². The minimum atomic E-state index is 0.175. The largest absolute Gasteiger partial charge is 0.352 e. The third kappa shape index (κ3) is 1.69. The van der Waals surface area contributed by atoms with Gasteiger partial charge < -0.3 is 4.90 Å². The SMILES string of the molecule is Cc1ccccc1N1C(C)c2scnc2C12C1CC3CC(C1)CC2C3. The number of aryl methyl sites for hydroxylation is 1. The molecule has 1 atom stereocenters. The van der Waals surface area contributed by atoms with Crippen LogP contribution in [0.5, 0.6) is 0 Å². The molecule has 1 aromatic heterocycles. The molecule has 2 heterocycles. The smallest absolute Gasteiger partial charge is 0.0898 e. The first-order chi connectivity index (χ1) is 12.2. The van der Waals surface area contributed by atoms with Gasteiger partial charge in [0.25, 0.3) is 0 Å². The van der Waals surface area contributed by atoms with Gasteiger partial charge >= 0.3 is 0 Å². The Labute approximate surface area is 154 Å². The van der Waals surface area contributed by atoms with E-state index in [-0.39, 0.29) is 5.54 Å². The minimum Gasteiger partial charge on any atom is -0.352 e. The molecular weight excluding hydrogens is 324 g/mol. The Hall–Kier alpha value is -1.35. The number of fused-ring (bicyclic) bond motifs is 1. The van der Waals surface area contributed by atoms with Gasteiger partial charge in [-0.2, -0.15) is 0 Å². The number of nitrogens with zero attached hydrogens (tertiary/aromatic N) is 2. The maximum Gasteiger partial charge on any atom is 0.0898 e. The highest BCUT2D eigenvalue weighted by molar-refractivity contribution is 7.10. The average Bonchev–Trinajstić information content (AvgIpc) is 3.15. The predicted octanol–water partition coefficient (Wildman–Crippen LogP) is 5.68. The van der Waals surface area contributed by atoms with Crippen LogP contribution in [0.15, 0.2) is 29.8 Å². The zero-order chi connectivity index (χ0) is 16.8. The second-order valence-corrected chi connectivity index (χ2v) is 9.91. The number of anilines is 1. The summed E-state index contributed by atoms with van der Waals surface area (Å²) >= 11 is 1.89. The number of benzene rings is 1. The molecule has 4 bridgehead atoms. The number of aromatic nitrogens is 1. The number of hydrogen-bond acceptors (Lipinski definition) is 3. The van der Waals surface area contributed by atoms with Gasteiger partial charge in [-0.15, -0.1) is 11.3 Å². The van der Waals surface area contributed by atoms with Gasteiger partial charge in [-0.1, -0.05) is 18.2 Å². The summed E-state index contributed by atoms with van der Waals surface area (Å²) in [5, 5.41) is 0. The molecule has 5 aliphatic rings. The highest BCUT2D eigenvalue weighted by atomic mass is 32.1. The van der Waals surface area contributed by atoms with Gasteiger partial charge in [-0.25, -0.2) is 4.98 Å². The van der Waals surface area contributed by atoms with Gasteiger partial charge in [-0.05, 0) is 81.3 Å². The molecule has 0 saturated heterocycles. The molecule has 1 spiro atoms. The van der Waals surface area contributed by atoms with Crippen LogP contribution in [0.25, 0.3) is 0 Å². The fourth-order valence-electron chi connectivity index (χ4n) is 7.33. The molecule has 1 unspecified atom stereocenters. The van der Waals surface area contributed by atoms with Gasteiger partial charge in [0.15, 0.2) is 0 Å². The molecular formula is C22H26N2S. The Morgan fingerprint density at radius 1 is 1.04 bits per heavy atom.